The molecule has 2 rings (SSSR count). The molecule has 0 aliphatic carbocycles. The van der Waals surface area contributed by atoms with Crippen LogP contribution >= 0.6 is 15.9 Å². The summed E-state index contributed by atoms with van der Waals surface area (Å²) in [6.07, 6.45) is 0. The normalized spacial score (nSPS) is 11.5. The zero-order valence-electron chi connectivity index (χ0n) is 8.47. The van der Waals surface area contributed by atoms with Gasteiger partial charge >= 0.3 is 0 Å². The van der Waals surface area contributed by atoms with Gasteiger partial charge in [-0.2, -0.15) is 0 Å². The maximum atomic E-state index is 5.29. The van der Waals surface area contributed by atoms with E-state index in [0.717, 1.165) is 21.1 Å². The summed E-state index contributed by atoms with van der Waals surface area (Å²) < 4.78 is 6.33. The van der Waals surface area contributed by atoms with Crippen LogP contribution in [0.5, 0.6) is 0 Å². The van der Waals surface area contributed by atoms with Crippen LogP contribution < -0.4 is 0 Å². The van der Waals surface area contributed by atoms with Gasteiger partial charge in [-0.25, -0.2) is 0 Å². The molecule has 0 amide bonds. The van der Waals surface area contributed by atoms with Crippen molar-refractivity contribution in [3.63, 3.8) is 0 Å². The molecule has 0 N–H and O–H groups in total. The summed E-state index contributed by atoms with van der Waals surface area (Å²) in [7, 11) is 0. The second kappa shape index (κ2) is 3.39. The van der Waals surface area contributed by atoms with Crippen molar-refractivity contribution in [2.24, 2.45) is 0 Å². The Balaban J connectivity index is 2.79. The molecule has 0 saturated heterocycles. The van der Waals surface area contributed by atoms with E-state index in [1.165, 1.54) is 5.56 Å². The summed E-state index contributed by atoms with van der Waals surface area (Å²) in [6, 6.07) is 4.05. The van der Waals surface area contributed by atoms with E-state index in [2.05, 4.69) is 47.9 Å². The quantitative estimate of drug-likeness (QED) is 0.768. The van der Waals surface area contributed by atoms with Crippen LogP contribution in [-0.4, -0.2) is 5.16 Å². The van der Waals surface area contributed by atoms with Gasteiger partial charge in [-0.15, -0.1) is 0 Å². The van der Waals surface area contributed by atoms with Gasteiger partial charge in [0.25, 0.3) is 0 Å². The van der Waals surface area contributed by atoms with E-state index in [4.69, 9.17) is 4.52 Å². The maximum Gasteiger partial charge on any atom is 0.168 e. The highest BCUT2D eigenvalue weighted by Gasteiger charge is 2.13. The lowest BCUT2D eigenvalue weighted by Crippen LogP contribution is -1.88. The van der Waals surface area contributed by atoms with E-state index in [-0.39, 0.29) is 0 Å². The van der Waals surface area contributed by atoms with Crippen LogP contribution in [0, 0.1) is 6.92 Å². The molecular weight excluding hydrogens is 242 g/mol. The topological polar surface area (TPSA) is 26.0 Å². The molecule has 14 heavy (non-hydrogen) atoms. The van der Waals surface area contributed by atoms with E-state index < -0.39 is 0 Å². The van der Waals surface area contributed by atoms with Crippen LogP contribution in [-0.2, 0) is 0 Å². The summed E-state index contributed by atoms with van der Waals surface area (Å²) in [5.74, 6) is 0.399. The number of benzene rings is 1. The third-order valence-electron chi connectivity index (χ3n) is 2.31. The smallest absolute Gasteiger partial charge is 0.168 e. The van der Waals surface area contributed by atoms with Gasteiger partial charge in [-0.05, 0) is 30.5 Å². The van der Waals surface area contributed by atoms with E-state index in [9.17, 15) is 0 Å². The van der Waals surface area contributed by atoms with E-state index in [0.29, 0.717) is 5.92 Å². The minimum absolute atomic E-state index is 0.399. The van der Waals surface area contributed by atoms with Gasteiger partial charge in [0, 0.05) is 9.86 Å². The lowest BCUT2D eigenvalue weighted by Gasteiger charge is -2.01. The maximum absolute atomic E-state index is 5.29. The van der Waals surface area contributed by atoms with Crippen LogP contribution in [0.15, 0.2) is 21.1 Å². The number of aromatic nitrogens is 1. The van der Waals surface area contributed by atoms with Crippen LogP contribution in [0.2, 0.25) is 0 Å². The molecule has 1 aromatic carbocycles. The lowest BCUT2D eigenvalue weighted by molar-refractivity contribution is 0.441. The van der Waals surface area contributed by atoms with Gasteiger partial charge in [-0.3, -0.25) is 0 Å². The fourth-order valence-electron chi connectivity index (χ4n) is 1.65. The molecule has 0 bridgehead atoms. The Morgan fingerprint density at radius 1 is 1.36 bits per heavy atom. The molecule has 0 unspecified atom stereocenters. The molecule has 0 radical (unpaired) electrons. The molecule has 0 atom stereocenters. The fourth-order valence-corrected chi connectivity index (χ4v) is 2.20. The monoisotopic (exact) mass is 253 g/mol. The minimum Gasteiger partial charge on any atom is -0.356 e. The van der Waals surface area contributed by atoms with Crippen molar-refractivity contribution in [1.82, 2.24) is 5.16 Å². The molecule has 3 heteroatoms. The van der Waals surface area contributed by atoms with Crippen LogP contribution in [0.4, 0.5) is 0 Å². The van der Waals surface area contributed by atoms with Gasteiger partial charge < -0.3 is 4.52 Å². The van der Waals surface area contributed by atoms with Crippen molar-refractivity contribution in [3.8, 4) is 0 Å². The second-order valence-electron chi connectivity index (χ2n) is 3.82. The number of rotatable bonds is 1. The number of hydrogen-bond donors (Lipinski definition) is 0. The zero-order valence-corrected chi connectivity index (χ0v) is 10.1. The molecule has 2 nitrogen and oxygen atoms in total. The summed E-state index contributed by atoms with van der Waals surface area (Å²) in [6.45, 7) is 6.33. The molecule has 0 spiro atoms. The summed E-state index contributed by atoms with van der Waals surface area (Å²) in [4.78, 5) is 0. The van der Waals surface area contributed by atoms with Crippen molar-refractivity contribution in [2.75, 3.05) is 0 Å². The highest BCUT2D eigenvalue weighted by molar-refractivity contribution is 9.10. The largest absolute Gasteiger partial charge is 0.356 e. The van der Waals surface area contributed by atoms with E-state index in [1.54, 1.807) is 0 Å². The number of nitrogens with zero attached hydrogens (tertiary/aromatic N) is 1. The number of aryl methyl sites for hydroxylation is 1. The first-order valence-corrected chi connectivity index (χ1v) is 5.44. The first kappa shape index (κ1) is 9.71. The third-order valence-corrected chi connectivity index (χ3v) is 2.77. The van der Waals surface area contributed by atoms with Crippen molar-refractivity contribution < 1.29 is 4.52 Å². The Bertz CT molecular complexity index is 473. The molecule has 1 aromatic heterocycles. The van der Waals surface area contributed by atoms with Crippen molar-refractivity contribution in [2.45, 2.75) is 26.7 Å². The zero-order chi connectivity index (χ0) is 10.3. The Kier molecular flexibility index (Phi) is 2.35. The first-order valence-electron chi connectivity index (χ1n) is 4.65. The van der Waals surface area contributed by atoms with Crippen LogP contribution in [0.3, 0.4) is 0 Å². The van der Waals surface area contributed by atoms with E-state index in [1.807, 2.05) is 6.07 Å². The average Bonchev–Trinajstić information content (AvgIpc) is 2.47. The number of hydrogen-bond acceptors (Lipinski definition) is 2. The molecule has 0 aliphatic rings. The predicted molar refractivity (Wildman–Crippen MR) is 60.5 cm³/mol. The highest BCUT2D eigenvalue weighted by atomic mass is 79.9. The van der Waals surface area contributed by atoms with E-state index >= 15 is 0 Å². The Morgan fingerprint density at radius 2 is 2.07 bits per heavy atom. The lowest BCUT2D eigenvalue weighted by atomic mass is 10.0. The Labute approximate surface area is 91.4 Å². The number of halogens is 1. The summed E-state index contributed by atoms with van der Waals surface area (Å²) in [5.41, 5.74) is 3.12. The van der Waals surface area contributed by atoms with Crippen molar-refractivity contribution >= 4 is 26.9 Å². The Morgan fingerprint density at radius 3 is 2.71 bits per heavy atom. The van der Waals surface area contributed by atoms with Gasteiger partial charge in [0.2, 0.25) is 0 Å². The van der Waals surface area contributed by atoms with Crippen molar-refractivity contribution in [1.29, 1.82) is 0 Å². The third kappa shape index (κ3) is 1.46. The van der Waals surface area contributed by atoms with Gasteiger partial charge in [0.1, 0.15) is 0 Å². The number of fused-ring (bicyclic) bond motifs is 1. The van der Waals surface area contributed by atoms with Gasteiger partial charge in [-0.1, -0.05) is 34.9 Å². The molecular formula is C11H12BrNO. The molecule has 0 aliphatic heterocycles. The molecule has 0 fully saturated rings. The van der Waals surface area contributed by atoms with Crippen LogP contribution in [0.1, 0.15) is 31.0 Å². The molecule has 0 saturated carbocycles. The molecule has 2 aromatic rings. The fraction of sp³-hybridized carbons (Fsp3) is 0.364. The SMILES string of the molecule is Cc1cc(Br)cc2onc(C(C)C)c12. The molecule has 1 heterocycles. The Hall–Kier alpha value is -0.830. The van der Waals surface area contributed by atoms with Gasteiger partial charge in [0.05, 0.1) is 5.69 Å². The predicted octanol–water partition coefficient (Wildman–Crippen LogP) is 4.02. The first-order chi connectivity index (χ1) is 6.59. The summed E-state index contributed by atoms with van der Waals surface area (Å²) >= 11 is 3.44. The molecule has 74 valence electrons. The second-order valence-corrected chi connectivity index (χ2v) is 4.73. The average molecular weight is 254 g/mol. The highest BCUT2D eigenvalue weighted by Crippen LogP contribution is 2.30. The van der Waals surface area contributed by atoms with Crippen molar-refractivity contribution in [3.05, 3.63) is 27.9 Å². The van der Waals surface area contributed by atoms with Gasteiger partial charge in [0.15, 0.2) is 5.58 Å². The minimum atomic E-state index is 0.399. The standard InChI is InChI=1S/C11H12BrNO/c1-6(2)11-10-7(3)4-8(12)5-9(10)14-13-11/h4-6H,1-3H3. The van der Waals surface area contributed by atoms with Crippen LogP contribution in [0.25, 0.3) is 11.0 Å². The summed E-state index contributed by atoms with van der Waals surface area (Å²) in [5, 5.41) is 5.26.